The van der Waals surface area contributed by atoms with E-state index in [-0.39, 0.29) is 5.91 Å². The summed E-state index contributed by atoms with van der Waals surface area (Å²) in [5, 5.41) is 3.10. The first-order valence-electron chi connectivity index (χ1n) is 6.07. The van der Waals surface area contributed by atoms with Crippen molar-refractivity contribution in [1.29, 1.82) is 0 Å². The van der Waals surface area contributed by atoms with E-state index in [0.717, 1.165) is 16.2 Å². The molecule has 0 saturated carbocycles. The first kappa shape index (κ1) is 15.5. The Morgan fingerprint density at radius 1 is 1.33 bits per heavy atom. The Bertz CT molecular complexity index is 683. The number of esters is 1. The fourth-order valence-electron chi connectivity index (χ4n) is 1.73. The van der Waals surface area contributed by atoms with Gasteiger partial charge in [-0.2, -0.15) is 0 Å². The van der Waals surface area contributed by atoms with Crippen LogP contribution in [0.2, 0.25) is 0 Å². The number of carbonyl (C=O) groups excluding carboxylic acids is 2. The number of hydrogen-bond acceptors (Lipinski definition) is 6. The van der Waals surface area contributed by atoms with Gasteiger partial charge < -0.3 is 4.74 Å². The average molecular weight is 322 g/mol. The van der Waals surface area contributed by atoms with E-state index in [1.165, 1.54) is 18.9 Å². The third-order valence-corrected chi connectivity index (χ3v) is 4.59. The number of hydrogen-bond donors (Lipinski definition) is 1. The molecule has 1 aromatic carbocycles. The van der Waals surface area contributed by atoms with Crippen LogP contribution in [0.5, 0.6) is 0 Å². The van der Waals surface area contributed by atoms with Gasteiger partial charge in [-0.1, -0.05) is 23.5 Å². The lowest BCUT2D eigenvalue weighted by Crippen LogP contribution is -2.12. The minimum Gasteiger partial charge on any atom is -0.465 e. The second kappa shape index (κ2) is 6.73. The third kappa shape index (κ3) is 3.43. The smallest absolute Gasteiger partial charge is 0.350 e. The van der Waals surface area contributed by atoms with Gasteiger partial charge in [0.2, 0.25) is 0 Å². The van der Waals surface area contributed by atoms with Crippen molar-refractivity contribution >= 4 is 40.1 Å². The van der Waals surface area contributed by atoms with Gasteiger partial charge in [0, 0.05) is 4.90 Å². The predicted molar refractivity (Wildman–Crippen MR) is 84.4 cm³/mol. The number of rotatable bonds is 4. The number of aryl methyl sites for hydroxylation is 1. The molecule has 1 heterocycles. The molecule has 21 heavy (non-hydrogen) atoms. The highest BCUT2D eigenvalue weighted by atomic mass is 32.2. The summed E-state index contributed by atoms with van der Waals surface area (Å²) < 4.78 is 4.67. The summed E-state index contributed by atoms with van der Waals surface area (Å²) in [7, 11) is 1.31. The van der Waals surface area contributed by atoms with E-state index < -0.39 is 5.97 Å². The van der Waals surface area contributed by atoms with Crippen LogP contribution in [0.15, 0.2) is 29.2 Å². The van der Waals surface area contributed by atoms with Crippen molar-refractivity contribution in [3.8, 4) is 0 Å². The van der Waals surface area contributed by atoms with E-state index in [2.05, 4.69) is 15.0 Å². The summed E-state index contributed by atoms with van der Waals surface area (Å²) in [5.74, 6) is -0.694. The maximum absolute atomic E-state index is 12.3. The van der Waals surface area contributed by atoms with Gasteiger partial charge in [-0.05, 0) is 25.3 Å². The number of carbonyl (C=O) groups is 2. The summed E-state index contributed by atoms with van der Waals surface area (Å²) in [4.78, 5) is 29.3. The topological polar surface area (TPSA) is 68.3 Å². The Morgan fingerprint density at radius 3 is 2.71 bits per heavy atom. The molecule has 0 aliphatic heterocycles. The van der Waals surface area contributed by atoms with Gasteiger partial charge in [0.15, 0.2) is 5.13 Å². The van der Waals surface area contributed by atoms with Gasteiger partial charge in [0.25, 0.3) is 5.91 Å². The normalized spacial score (nSPS) is 10.2. The highest BCUT2D eigenvalue weighted by molar-refractivity contribution is 7.98. The van der Waals surface area contributed by atoms with Crippen LogP contribution in [0.4, 0.5) is 5.13 Å². The molecule has 0 unspecified atom stereocenters. The zero-order valence-corrected chi connectivity index (χ0v) is 13.4. The van der Waals surface area contributed by atoms with Crippen LogP contribution in [-0.4, -0.2) is 30.2 Å². The number of amides is 1. The summed E-state index contributed by atoms with van der Waals surface area (Å²) in [6.07, 6.45) is 1.91. The molecule has 1 N–H and O–H groups in total. The quantitative estimate of drug-likeness (QED) is 0.691. The van der Waals surface area contributed by atoms with Crippen molar-refractivity contribution in [3.63, 3.8) is 0 Å². The fourth-order valence-corrected chi connectivity index (χ4v) is 3.20. The third-order valence-electron chi connectivity index (χ3n) is 2.74. The molecule has 0 radical (unpaired) electrons. The summed E-state index contributed by atoms with van der Waals surface area (Å²) in [5.41, 5.74) is 1.12. The molecule has 2 aromatic rings. The average Bonchev–Trinajstić information content (AvgIpc) is 2.86. The van der Waals surface area contributed by atoms with Crippen molar-refractivity contribution in [2.45, 2.75) is 11.8 Å². The standard InChI is InChI=1S/C14H14N2O3S2/c1-8-11(13(18)19-2)21-14(15-8)16-12(17)9-6-4-5-7-10(9)20-3/h4-7H,1-3H3,(H,15,16,17). The van der Waals surface area contributed by atoms with Crippen LogP contribution in [0, 0.1) is 6.92 Å². The van der Waals surface area contributed by atoms with Crippen molar-refractivity contribution in [2.75, 3.05) is 18.7 Å². The van der Waals surface area contributed by atoms with Gasteiger partial charge in [-0.25, -0.2) is 9.78 Å². The molecule has 0 atom stereocenters. The zero-order valence-electron chi connectivity index (χ0n) is 11.8. The van der Waals surface area contributed by atoms with Crippen molar-refractivity contribution < 1.29 is 14.3 Å². The van der Waals surface area contributed by atoms with E-state index in [1.54, 1.807) is 13.0 Å². The number of nitrogens with zero attached hydrogens (tertiary/aromatic N) is 1. The first-order chi connectivity index (χ1) is 10.1. The maximum atomic E-state index is 12.3. The second-order valence-corrected chi connectivity index (χ2v) is 5.93. The molecule has 5 nitrogen and oxygen atoms in total. The monoisotopic (exact) mass is 322 g/mol. The Labute approximate surface area is 130 Å². The Balaban J connectivity index is 2.22. The second-order valence-electron chi connectivity index (χ2n) is 4.08. The molecule has 0 aliphatic rings. The maximum Gasteiger partial charge on any atom is 0.350 e. The molecule has 2 rings (SSSR count). The van der Waals surface area contributed by atoms with Gasteiger partial charge in [-0.3, -0.25) is 10.1 Å². The number of thiazole rings is 1. The van der Waals surface area contributed by atoms with Crippen molar-refractivity contribution in [2.24, 2.45) is 0 Å². The van der Waals surface area contributed by atoms with Crippen LogP contribution in [-0.2, 0) is 4.74 Å². The zero-order chi connectivity index (χ0) is 15.4. The van der Waals surface area contributed by atoms with Crippen molar-refractivity contribution in [3.05, 3.63) is 40.4 Å². The summed E-state index contributed by atoms with van der Waals surface area (Å²) in [6, 6.07) is 7.32. The van der Waals surface area contributed by atoms with E-state index in [4.69, 9.17) is 0 Å². The molecule has 0 fully saturated rings. The molecule has 1 aromatic heterocycles. The van der Waals surface area contributed by atoms with Crippen LogP contribution in [0.1, 0.15) is 25.7 Å². The number of benzene rings is 1. The number of ether oxygens (including phenoxy) is 1. The van der Waals surface area contributed by atoms with E-state index in [1.807, 2.05) is 24.5 Å². The van der Waals surface area contributed by atoms with Crippen LogP contribution in [0.25, 0.3) is 0 Å². The number of methoxy groups -OCH3 is 1. The van der Waals surface area contributed by atoms with Crippen LogP contribution >= 0.6 is 23.1 Å². The number of thioether (sulfide) groups is 1. The van der Waals surface area contributed by atoms with E-state index >= 15 is 0 Å². The first-order valence-corrected chi connectivity index (χ1v) is 8.11. The Morgan fingerprint density at radius 2 is 2.05 bits per heavy atom. The van der Waals surface area contributed by atoms with Crippen LogP contribution in [0.3, 0.4) is 0 Å². The molecule has 0 bridgehead atoms. The fraction of sp³-hybridized carbons (Fsp3) is 0.214. The number of nitrogens with one attached hydrogen (secondary N) is 1. The van der Waals surface area contributed by atoms with Gasteiger partial charge in [0.1, 0.15) is 4.88 Å². The molecule has 7 heteroatoms. The lowest BCUT2D eigenvalue weighted by atomic mass is 10.2. The highest BCUT2D eigenvalue weighted by Gasteiger charge is 2.18. The minimum absolute atomic E-state index is 0.245. The number of aromatic nitrogens is 1. The van der Waals surface area contributed by atoms with E-state index in [0.29, 0.717) is 21.3 Å². The van der Waals surface area contributed by atoms with Crippen LogP contribution < -0.4 is 5.32 Å². The molecular formula is C14H14N2O3S2. The predicted octanol–water partition coefficient (Wildman–Crippen LogP) is 3.21. The summed E-state index contributed by atoms with van der Waals surface area (Å²) in [6.45, 7) is 1.70. The SMILES string of the molecule is COC(=O)c1sc(NC(=O)c2ccccc2SC)nc1C. The highest BCUT2D eigenvalue weighted by Crippen LogP contribution is 2.25. The molecule has 110 valence electrons. The molecule has 1 amide bonds. The van der Waals surface area contributed by atoms with Crippen molar-refractivity contribution in [1.82, 2.24) is 4.98 Å². The van der Waals surface area contributed by atoms with Gasteiger partial charge in [-0.15, -0.1) is 11.8 Å². The number of anilines is 1. The lowest BCUT2D eigenvalue weighted by molar-refractivity contribution is 0.0605. The molecule has 0 aliphatic carbocycles. The van der Waals surface area contributed by atoms with E-state index in [9.17, 15) is 9.59 Å². The Kier molecular flexibility index (Phi) is 4.98. The molecule has 0 spiro atoms. The lowest BCUT2D eigenvalue weighted by Gasteiger charge is -2.05. The molecular weight excluding hydrogens is 308 g/mol. The largest absolute Gasteiger partial charge is 0.465 e. The Hall–Kier alpha value is -1.86. The minimum atomic E-state index is -0.449. The molecule has 0 saturated heterocycles. The van der Waals surface area contributed by atoms with Gasteiger partial charge in [0.05, 0.1) is 18.4 Å². The summed E-state index contributed by atoms with van der Waals surface area (Å²) >= 11 is 2.60. The van der Waals surface area contributed by atoms with Gasteiger partial charge >= 0.3 is 5.97 Å².